The van der Waals surface area contributed by atoms with Gasteiger partial charge in [-0.05, 0) is 30.9 Å². The lowest BCUT2D eigenvalue weighted by molar-refractivity contribution is -0.141. The van der Waals surface area contributed by atoms with Crippen molar-refractivity contribution in [2.75, 3.05) is 18.5 Å². The summed E-state index contributed by atoms with van der Waals surface area (Å²) in [4.78, 5) is 23.5. The third-order valence-electron chi connectivity index (χ3n) is 3.98. The molecule has 1 fully saturated rings. The molecule has 1 amide bonds. The highest BCUT2D eigenvalue weighted by Gasteiger charge is 2.24. The van der Waals surface area contributed by atoms with E-state index in [0.29, 0.717) is 6.54 Å². The van der Waals surface area contributed by atoms with E-state index in [1.165, 1.54) is 0 Å². The number of para-hydroxylation sites is 1. The monoisotopic (exact) mass is 320 g/mol. The molecule has 1 aromatic rings. The normalized spacial score (nSPS) is 18.6. The Morgan fingerprint density at radius 2 is 2.17 bits per heavy atom. The zero-order valence-electron chi connectivity index (χ0n) is 13.4. The van der Waals surface area contributed by atoms with Gasteiger partial charge in [-0.3, -0.25) is 9.59 Å². The third-order valence-corrected chi connectivity index (χ3v) is 3.98. The molecule has 0 saturated carbocycles. The Kier molecular flexibility index (Phi) is 6.55. The van der Waals surface area contributed by atoms with E-state index in [2.05, 4.69) is 10.6 Å². The Labute approximate surface area is 136 Å². The number of carbonyl (C=O) groups excluding carboxylic acids is 1. The largest absolute Gasteiger partial charge is 0.480 e. The number of benzene rings is 1. The van der Waals surface area contributed by atoms with Crippen LogP contribution in [0.3, 0.4) is 0 Å². The molecule has 3 N–H and O–H groups in total. The van der Waals surface area contributed by atoms with Crippen LogP contribution < -0.4 is 10.6 Å². The maximum absolute atomic E-state index is 12.1. The molecule has 0 aromatic heterocycles. The van der Waals surface area contributed by atoms with E-state index in [1.54, 1.807) is 0 Å². The van der Waals surface area contributed by atoms with Crippen LogP contribution in [0.5, 0.6) is 0 Å². The van der Waals surface area contributed by atoms with Crippen molar-refractivity contribution in [1.82, 2.24) is 5.32 Å². The van der Waals surface area contributed by atoms with E-state index in [0.717, 1.165) is 37.1 Å². The summed E-state index contributed by atoms with van der Waals surface area (Å²) in [6, 6.07) is 6.62. The number of hydrogen-bond acceptors (Lipinski definition) is 4. The number of nitrogens with one attached hydrogen (secondary N) is 2. The predicted octanol–water partition coefficient (Wildman–Crippen LogP) is 1.80. The lowest BCUT2D eigenvalue weighted by atomic mass is 10.1. The van der Waals surface area contributed by atoms with Gasteiger partial charge in [0, 0.05) is 18.8 Å². The van der Waals surface area contributed by atoms with Crippen molar-refractivity contribution in [2.24, 2.45) is 0 Å². The van der Waals surface area contributed by atoms with E-state index in [1.807, 2.05) is 31.2 Å². The summed E-state index contributed by atoms with van der Waals surface area (Å²) >= 11 is 0. The van der Waals surface area contributed by atoms with Crippen LogP contribution in [0.1, 0.15) is 31.7 Å². The number of hydrogen-bond donors (Lipinski definition) is 3. The van der Waals surface area contributed by atoms with Crippen molar-refractivity contribution >= 4 is 17.6 Å². The van der Waals surface area contributed by atoms with Crippen molar-refractivity contribution in [1.29, 1.82) is 0 Å². The van der Waals surface area contributed by atoms with Gasteiger partial charge in [-0.25, -0.2) is 0 Å². The van der Waals surface area contributed by atoms with Crippen molar-refractivity contribution < 1.29 is 19.4 Å². The van der Waals surface area contributed by atoms with Crippen molar-refractivity contribution in [3.05, 3.63) is 29.8 Å². The molecule has 0 aliphatic carbocycles. The molecule has 2 rings (SSSR count). The van der Waals surface area contributed by atoms with E-state index >= 15 is 0 Å². The second kappa shape index (κ2) is 8.64. The Hall–Kier alpha value is -1.92. The van der Waals surface area contributed by atoms with Gasteiger partial charge < -0.3 is 20.5 Å². The standard InChI is InChI=1S/C17H24N2O4/c1-2-12-6-3-4-8-14(12)19-16(20)10-15(17(21)22)18-11-13-7-5-9-23-13/h3-4,6,8,13,15,18H,2,5,7,9-11H2,1H3,(H,19,20)(H,21,22). The van der Waals surface area contributed by atoms with Gasteiger partial charge in [0.25, 0.3) is 0 Å². The summed E-state index contributed by atoms with van der Waals surface area (Å²) in [5.74, 6) is -1.33. The summed E-state index contributed by atoms with van der Waals surface area (Å²) in [5, 5.41) is 15.0. The minimum absolute atomic E-state index is 0.0423. The average Bonchev–Trinajstić information content (AvgIpc) is 3.05. The van der Waals surface area contributed by atoms with Gasteiger partial charge in [-0.15, -0.1) is 0 Å². The molecule has 6 nitrogen and oxygen atoms in total. The molecule has 0 bridgehead atoms. The Balaban J connectivity index is 1.88. The van der Waals surface area contributed by atoms with Crippen molar-refractivity contribution in [3.63, 3.8) is 0 Å². The smallest absolute Gasteiger partial charge is 0.321 e. The molecular formula is C17H24N2O4. The lowest BCUT2D eigenvalue weighted by Gasteiger charge is -2.17. The molecule has 126 valence electrons. The summed E-state index contributed by atoms with van der Waals surface area (Å²) in [7, 11) is 0. The fourth-order valence-corrected chi connectivity index (χ4v) is 2.66. The fourth-order valence-electron chi connectivity index (χ4n) is 2.66. The highest BCUT2D eigenvalue weighted by Crippen LogP contribution is 2.16. The van der Waals surface area contributed by atoms with Gasteiger partial charge in [0.1, 0.15) is 6.04 Å². The molecule has 6 heteroatoms. The molecule has 0 spiro atoms. The number of carboxylic acids is 1. The number of carbonyl (C=O) groups is 2. The number of anilines is 1. The molecule has 1 aliphatic heterocycles. The minimum Gasteiger partial charge on any atom is -0.480 e. The topological polar surface area (TPSA) is 87.7 Å². The minimum atomic E-state index is -1.03. The van der Waals surface area contributed by atoms with Gasteiger partial charge in [0.05, 0.1) is 12.5 Å². The van der Waals surface area contributed by atoms with Gasteiger partial charge >= 0.3 is 5.97 Å². The summed E-state index contributed by atoms with van der Waals surface area (Å²) in [5.41, 5.74) is 1.77. The summed E-state index contributed by atoms with van der Waals surface area (Å²) in [6.07, 6.45) is 2.66. The zero-order valence-corrected chi connectivity index (χ0v) is 13.4. The van der Waals surface area contributed by atoms with Gasteiger partial charge in [-0.2, -0.15) is 0 Å². The molecule has 1 heterocycles. The SMILES string of the molecule is CCc1ccccc1NC(=O)CC(NCC1CCCO1)C(=O)O. The molecule has 2 unspecified atom stereocenters. The average molecular weight is 320 g/mol. The first-order chi connectivity index (χ1) is 11.1. The van der Waals surface area contributed by atoms with Crippen LogP contribution in [0.25, 0.3) is 0 Å². The summed E-state index contributed by atoms with van der Waals surface area (Å²) in [6.45, 7) is 3.18. The van der Waals surface area contributed by atoms with Crippen LogP contribution in [0.4, 0.5) is 5.69 Å². The van der Waals surface area contributed by atoms with E-state index in [4.69, 9.17) is 4.74 Å². The second-order valence-electron chi connectivity index (χ2n) is 5.70. The Morgan fingerprint density at radius 1 is 1.39 bits per heavy atom. The van der Waals surface area contributed by atoms with E-state index in [9.17, 15) is 14.7 Å². The maximum Gasteiger partial charge on any atom is 0.321 e. The second-order valence-corrected chi connectivity index (χ2v) is 5.70. The first-order valence-corrected chi connectivity index (χ1v) is 8.05. The molecular weight excluding hydrogens is 296 g/mol. The molecule has 23 heavy (non-hydrogen) atoms. The Morgan fingerprint density at radius 3 is 2.83 bits per heavy atom. The molecule has 1 aromatic carbocycles. The maximum atomic E-state index is 12.1. The van der Waals surface area contributed by atoms with E-state index in [-0.39, 0.29) is 18.4 Å². The number of rotatable bonds is 8. The number of aliphatic carboxylic acids is 1. The first-order valence-electron chi connectivity index (χ1n) is 8.05. The van der Waals surface area contributed by atoms with Crippen LogP contribution in [0, 0.1) is 0 Å². The Bertz CT molecular complexity index is 541. The number of ether oxygens (including phenoxy) is 1. The van der Waals surface area contributed by atoms with Gasteiger partial charge in [-0.1, -0.05) is 25.1 Å². The predicted molar refractivity (Wildman–Crippen MR) is 87.5 cm³/mol. The number of amides is 1. The summed E-state index contributed by atoms with van der Waals surface area (Å²) < 4.78 is 5.46. The highest BCUT2D eigenvalue weighted by molar-refractivity contribution is 5.94. The van der Waals surface area contributed by atoms with Crippen LogP contribution in [0.2, 0.25) is 0 Å². The molecule has 1 aliphatic rings. The van der Waals surface area contributed by atoms with Crippen LogP contribution >= 0.6 is 0 Å². The quantitative estimate of drug-likeness (QED) is 0.680. The van der Waals surface area contributed by atoms with Crippen LogP contribution in [-0.2, 0) is 20.7 Å². The molecule has 0 radical (unpaired) electrons. The first kappa shape index (κ1) is 17.4. The number of aryl methyl sites for hydroxylation is 1. The van der Waals surface area contributed by atoms with Gasteiger partial charge in [0.15, 0.2) is 0 Å². The third kappa shape index (κ3) is 5.33. The fraction of sp³-hybridized carbons (Fsp3) is 0.529. The van der Waals surface area contributed by atoms with Crippen LogP contribution in [-0.4, -0.2) is 42.3 Å². The van der Waals surface area contributed by atoms with Crippen molar-refractivity contribution in [2.45, 2.75) is 44.8 Å². The molecule has 1 saturated heterocycles. The highest BCUT2D eigenvalue weighted by atomic mass is 16.5. The van der Waals surface area contributed by atoms with Crippen LogP contribution in [0.15, 0.2) is 24.3 Å². The number of carboxylic acid groups (broad SMARTS) is 1. The van der Waals surface area contributed by atoms with Gasteiger partial charge in [0.2, 0.25) is 5.91 Å². The zero-order chi connectivity index (χ0) is 16.7. The molecule has 2 atom stereocenters. The van der Waals surface area contributed by atoms with Crippen molar-refractivity contribution in [3.8, 4) is 0 Å². The lowest BCUT2D eigenvalue weighted by Crippen LogP contribution is -2.43. The van der Waals surface area contributed by atoms with E-state index < -0.39 is 12.0 Å².